The Kier molecular flexibility index (Phi) is 5.02. The number of benzene rings is 1. The molecule has 1 fully saturated rings. The van der Waals surface area contributed by atoms with Crippen LogP contribution in [-0.2, 0) is 6.54 Å². The molecule has 1 aromatic carbocycles. The Labute approximate surface area is 120 Å². The molecule has 0 bridgehead atoms. The van der Waals surface area contributed by atoms with E-state index in [4.69, 9.17) is 17.0 Å². The fourth-order valence-electron chi connectivity index (χ4n) is 2.41. The highest BCUT2D eigenvalue weighted by atomic mass is 32.1. The van der Waals surface area contributed by atoms with Crippen LogP contribution in [0.3, 0.4) is 0 Å². The fourth-order valence-corrected chi connectivity index (χ4v) is 2.64. The quantitative estimate of drug-likeness (QED) is 0.859. The molecular formula is C15H22N2OS. The second kappa shape index (κ2) is 6.75. The van der Waals surface area contributed by atoms with Gasteiger partial charge in [0.15, 0.2) is 5.11 Å². The minimum Gasteiger partial charge on any atom is -0.497 e. The van der Waals surface area contributed by atoms with Gasteiger partial charge in [-0.3, -0.25) is 0 Å². The molecule has 1 atom stereocenters. The summed E-state index contributed by atoms with van der Waals surface area (Å²) >= 11 is 5.46. The Morgan fingerprint density at radius 2 is 2.16 bits per heavy atom. The van der Waals surface area contributed by atoms with Crippen LogP contribution in [0, 0.1) is 5.92 Å². The molecule has 3 nitrogen and oxygen atoms in total. The standard InChI is InChI=1S/C15H22N2OS/c1-12-4-3-9-17(11-12)15(19)16-10-13-5-7-14(18-2)8-6-13/h5-8,12H,3-4,9-11H2,1-2H3,(H,16,19)/t12-/m1/s1. The average molecular weight is 278 g/mol. The van der Waals surface area contributed by atoms with Crippen LogP contribution in [0.5, 0.6) is 5.75 Å². The molecule has 0 aliphatic carbocycles. The second-order valence-electron chi connectivity index (χ2n) is 5.20. The zero-order valence-electron chi connectivity index (χ0n) is 11.7. The molecule has 1 heterocycles. The van der Waals surface area contributed by atoms with Crippen molar-refractivity contribution in [2.45, 2.75) is 26.3 Å². The van der Waals surface area contributed by atoms with Crippen molar-refractivity contribution in [3.8, 4) is 5.75 Å². The van der Waals surface area contributed by atoms with Crippen LogP contribution in [0.15, 0.2) is 24.3 Å². The van der Waals surface area contributed by atoms with Crippen molar-refractivity contribution in [1.82, 2.24) is 10.2 Å². The number of hydrogen-bond acceptors (Lipinski definition) is 2. The fraction of sp³-hybridized carbons (Fsp3) is 0.533. The molecule has 104 valence electrons. The Bertz CT molecular complexity index is 419. The molecule has 0 saturated carbocycles. The Hall–Kier alpha value is -1.29. The van der Waals surface area contributed by atoms with E-state index in [1.165, 1.54) is 18.4 Å². The first kappa shape index (κ1) is 14.1. The molecule has 1 N–H and O–H groups in total. The highest BCUT2D eigenvalue weighted by molar-refractivity contribution is 7.80. The van der Waals surface area contributed by atoms with Crippen LogP contribution < -0.4 is 10.1 Å². The van der Waals surface area contributed by atoms with Gasteiger partial charge in [-0.2, -0.15) is 0 Å². The van der Waals surface area contributed by atoms with Crippen LogP contribution in [0.4, 0.5) is 0 Å². The number of piperidine rings is 1. The number of hydrogen-bond donors (Lipinski definition) is 1. The molecule has 4 heteroatoms. The molecule has 1 aliphatic rings. The monoisotopic (exact) mass is 278 g/mol. The summed E-state index contributed by atoms with van der Waals surface area (Å²) in [5, 5.41) is 4.22. The van der Waals surface area contributed by atoms with E-state index in [-0.39, 0.29) is 0 Å². The second-order valence-corrected chi connectivity index (χ2v) is 5.59. The molecule has 0 unspecified atom stereocenters. The van der Waals surface area contributed by atoms with E-state index < -0.39 is 0 Å². The third kappa shape index (κ3) is 4.10. The molecule has 0 amide bonds. The van der Waals surface area contributed by atoms with Gasteiger partial charge in [-0.15, -0.1) is 0 Å². The third-order valence-corrected chi connectivity index (χ3v) is 3.95. The van der Waals surface area contributed by atoms with Crippen molar-refractivity contribution in [1.29, 1.82) is 0 Å². The van der Waals surface area contributed by atoms with E-state index in [2.05, 4.69) is 29.3 Å². The van der Waals surface area contributed by atoms with Crippen molar-refractivity contribution in [2.24, 2.45) is 5.92 Å². The minimum absolute atomic E-state index is 0.745. The average Bonchev–Trinajstić information content (AvgIpc) is 2.45. The molecule has 1 saturated heterocycles. The summed E-state index contributed by atoms with van der Waals surface area (Å²) in [5.41, 5.74) is 1.22. The lowest BCUT2D eigenvalue weighted by molar-refractivity contribution is 0.270. The van der Waals surface area contributed by atoms with Gasteiger partial charge in [-0.05, 0) is 48.7 Å². The number of thiocarbonyl (C=S) groups is 1. The predicted octanol–water partition coefficient (Wildman–Crippen LogP) is 2.80. The molecule has 2 rings (SSSR count). The summed E-state index contributed by atoms with van der Waals surface area (Å²) in [5.74, 6) is 1.63. The molecule has 19 heavy (non-hydrogen) atoms. The molecule has 0 radical (unpaired) electrons. The molecule has 0 spiro atoms. The molecule has 0 aromatic heterocycles. The highest BCUT2D eigenvalue weighted by Gasteiger charge is 2.17. The van der Waals surface area contributed by atoms with E-state index in [9.17, 15) is 0 Å². The van der Waals surface area contributed by atoms with Crippen LogP contribution in [0.2, 0.25) is 0 Å². The van der Waals surface area contributed by atoms with Crippen LogP contribution in [0.25, 0.3) is 0 Å². The van der Waals surface area contributed by atoms with Crippen LogP contribution in [0.1, 0.15) is 25.3 Å². The zero-order chi connectivity index (χ0) is 13.7. The van der Waals surface area contributed by atoms with Gasteiger partial charge in [0.1, 0.15) is 5.75 Å². The van der Waals surface area contributed by atoms with Crippen molar-refractivity contribution >= 4 is 17.3 Å². The number of nitrogens with zero attached hydrogens (tertiary/aromatic N) is 1. The number of likely N-dealkylation sites (tertiary alicyclic amines) is 1. The number of methoxy groups -OCH3 is 1. The number of nitrogens with one attached hydrogen (secondary N) is 1. The van der Waals surface area contributed by atoms with Gasteiger partial charge >= 0.3 is 0 Å². The van der Waals surface area contributed by atoms with Crippen molar-refractivity contribution in [3.63, 3.8) is 0 Å². The van der Waals surface area contributed by atoms with Crippen molar-refractivity contribution in [2.75, 3.05) is 20.2 Å². The molecule has 1 aliphatic heterocycles. The Morgan fingerprint density at radius 1 is 1.42 bits per heavy atom. The smallest absolute Gasteiger partial charge is 0.169 e. The van der Waals surface area contributed by atoms with Gasteiger partial charge in [0.25, 0.3) is 0 Å². The van der Waals surface area contributed by atoms with E-state index in [0.29, 0.717) is 0 Å². The Balaban J connectivity index is 1.82. The topological polar surface area (TPSA) is 24.5 Å². The lowest BCUT2D eigenvalue weighted by Crippen LogP contribution is -2.44. The lowest BCUT2D eigenvalue weighted by atomic mass is 10.0. The maximum atomic E-state index is 5.46. The summed E-state index contributed by atoms with van der Waals surface area (Å²) in [6.45, 7) is 5.22. The summed E-state index contributed by atoms with van der Waals surface area (Å²) in [6.07, 6.45) is 2.56. The third-order valence-electron chi connectivity index (χ3n) is 3.55. The first-order valence-electron chi connectivity index (χ1n) is 6.84. The summed E-state index contributed by atoms with van der Waals surface area (Å²) in [4.78, 5) is 2.28. The van der Waals surface area contributed by atoms with Gasteiger partial charge in [-0.25, -0.2) is 0 Å². The van der Waals surface area contributed by atoms with E-state index in [0.717, 1.165) is 36.4 Å². The van der Waals surface area contributed by atoms with Crippen LogP contribution in [-0.4, -0.2) is 30.2 Å². The largest absolute Gasteiger partial charge is 0.497 e. The van der Waals surface area contributed by atoms with Gasteiger partial charge in [0.05, 0.1) is 7.11 Å². The van der Waals surface area contributed by atoms with Gasteiger partial charge in [0.2, 0.25) is 0 Å². The van der Waals surface area contributed by atoms with E-state index in [1.54, 1.807) is 7.11 Å². The first-order valence-corrected chi connectivity index (χ1v) is 7.25. The van der Waals surface area contributed by atoms with Crippen LogP contribution >= 0.6 is 12.2 Å². The van der Waals surface area contributed by atoms with Gasteiger partial charge < -0.3 is 15.0 Å². The van der Waals surface area contributed by atoms with Gasteiger partial charge in [0, 0.05) is 19.6 Å². The van der Waals surface area contributed by atoms with E-state index in [1.807, 2.05) is 12.1 Å². The number of ether oxygens (including phenoxy) is 1. The maximum absolute atomic E-state index is 5.46. The highest BCUT2D eigenvalue weighted by Crippen LogP contribution is 2.16. The maximum Gasteiger partial charge on any atom is 0.169 e. The van der Waals surface area contributed by atoms with Gasteiger partial charge in [-0.1, -0.05) is 19.1 Å². The first-order chi connectivity index (χ1) is 9.19. The molecular weight excluding hydrogens is 256 g/mol. The normalized spacial score (nSPS) is 19.1. The lowest BCUT2D eigenvalue weighted by Gasteiger charge is -2.33. The zero-order valence-corrected chi connectivity index (χ0v) is 12.5. The number of rotatable bonds is 3. The minimum atomic E-state index is 0.745. The SMILES string of the molecule is COc1ccc(CNC(=S)N2CCC[C@@H](C)C2)cc1. The van der Waals surface area contributed by atoms with Crippen molar-refractivity contribution in [3.05, 3.63) is 29.8 Å². The van der Waals surface area contributed by atoms with E-state index >= 15 is 0 Å². The summed E-state index contributed by atoms with van der Waals surface area (Å²) < 4.78 is 5.15. The Morgan fingerprint density at radius 3 is 2.79 bits per heavy atom. The summed E-state index contributed by atoms with van der Waals surface area (Å²) in [6, 6.07) is 8.08. The van der Waals surface area contributed by atoms with Crippen molar-refractivity contribution < 1.29 is 4.74 Å². The molecule has 1 aromatic rings. The summed E-state index contributed by atoms with van der Waals surface area (Å²) in [7, 11) is 1.68. The predicted molar refractivity (Wildman–Crippen MR) is 82.4 cm³/mol.